The minimum absolute atomic E-state index is 0.220. The van der Waals surface area contributed by atoms with Gasteiger partial charge in [0.1, 0.15) is 23.4 Å². The topological polar surface area (TPSA) is 41.3 Å². The zero-order valence-corrected chi connectivity index (χ0v) is 18.6. The van der Waals surface area contributed by atoms with Crippen LogP contribution >= 0.6 is 28.1 Å². The van der Waals surface area contributed by atoms with Gasteiger partial charge in [-0.05, 0) is 72.9 Å². The van der Waals surface area contributed by atoms with Gasteiger partial charge in [-0.2, -0.15) is 0 Å². The molecule has 3 heterocycles. The molecule has 4 nitrogen and oxygen atoms in total. The van der Waals surface area contributed by atoms with Crippen LogP contribution in [0.25, 0.3) is 11.3 Å². The molecule has 2 aromatic carbocycles. The van der Waals surface area contributed by atoms with E-state index in [4.69, 9.17) is 16.6 Å². The van der Waals surface area contributed by atoms with Gasteiger partial charge in [-0.3, -0.25) is 4.98 Å². The summed E-state index contributed by atoms with van der Waals surface area (Å²) in [7, 11) is 0. The average molecular weight is 494 g/mol. The fraction of sp³-hybridized carbons (Fsp3) is 0.0833. The number of halogens is 2. The van der Waals surface area contributed by atoms with Crippen molar-refractivity contribution in [3.63, 3.8) is 0 Å². The normalized spacial score (nSPS) is 18.3. The van der Waals surface area contributed by atoms with Gasteiger partial charge in [-0.1, -0.05) is 34.1 Å². The van der Waals surface area contributed by atoms with Crippen molar-refractivity contribution in [2.75, 3.05) is 4.90 Å². The maximum Gasteiger partial charge on any atom is 0.174 e. The molecular formula is C24H17BrFN3OS. The zero-order chi connectivity index (χ0) is 21.4. The quantitative estimate of drug-likeness (QED) is 0.332. The highest BCUT2D eigenvalue weighted by molar-refractivity contribution is 9.10. The Morgan fingerprint density at radius 2 is 1.74 bits per heavy atom. The second kappa shape index (κ2) is 8.24. The number of nitrogens with zero attached hydrogens (tertiary/aromatic N) is 2. The number of hydrogen-bond acceptors (Lipinski definition) is 3. The largest absolute Gasteiger partial charge is 0.459 e. The third-order valence-corrected chi connectivity index (χ3v) is 6.09. The monoisotopic (exact) mass is 493 g/mol. The van der Waals surface area contributed by atoms with E-state index in [1.54, 1.807) is 18.3 Å². The van der Waals surface area contributed by atoms with Gasteiger partial charge in [0.25, 0.3) is 0 Å². The van der Waals surface area contributed by atoms with Gasteiger partial charge in [-0.15, -0.1) is 0 Å². The standard InChI is InChI=1S/C24H17BrFN3OS/c25-16-6-4-15(5-7-16)20-12-13-21(30-20)23-22(19-3-1-2-14-27-19)28-24(31)29(23)18-10-8-17(26)9-11-18/h1-14,22-23H,(H,28,31). The van der Waals surface area contributed by atoms with Crippen LogP contribution in [0.3, 0.4) is 0 Å². The lowest BCUT2D eigenvalue weighted by atomic mass is 10.0. The van der Waals surface area contributed by atoms with E-state index >= 15 is 0 Å². The molecule has 2 atom stereocenters. The van der Waals surface area contributed by atoms with Crippen molar-refractivity contribution in [2.45, 2.75) is 12.1 Å². The van der Waals surface area contributed by atoms with Gasteiger partial charge in [0.2, 0.25) is 0 Å². The Morgan fingerprint density at radius 3 is 2.45 bits per heavy atom. The lowest BCUT2D eigenvalue weighted by molar-refractivity contribution is 0.439. The third kappa shape index (κ3) is 3.86. The van der Waals surface area contributed by atoms with Crippen LogP contribution in [-0.2, 0) is 0 Å². The molecule has 0 aliphatic carbocycles. The molecule has 1 N–H and O–H groups in total. The molecule has 0 radical (unpaired) electrons. The Hall–Kier alpha value is -3.03. The molecule has 31 heavy (non-hydrogen) atoms. The van der Waals surface area contributed by atoms with Gasteiger partial charge >= 0.3 is 0 Å². The first kappa shape index (κ1) is 19.9. The van der Waals surface area contributed by atoms with Gasteiger partial charge < -0.3 is 14.6 Å². The molecule has 154 valence electrons. The molecule has 2 unspecified atom stereocenters. The van der Waals surface area contributed by atoms with Crippen LogP contribution in [0, 0.1) is 5.82 Å². The second-order valence-electron chi connectivity index (χ2n) is 7.18. The SMILES string of the molecule is Fc1ccc(N2C(=S)NC(c3ccccn3)C2c2ccc(-c3ccc(Br)cc3)o2)cc1. The Morgan fingerprint density at radius 1 is 0.968 bits per heavy atom. The highest BCUT2D eigenvalue weighted by Crippen LogP contribution is 2.42. The number of furan rings is 1. The molecule has 4 aromatic rings. The predicted molar refractivity (Wildman–Crippen MR) is 126 cm³/mol. The minimum atomic E-state index is -0.296. The van der Waals surface area contributed by atoms with Crippen molar-refractivity contribution in [3.05, 3.63) is 107 Å². The molecule has 2 aromatic heterocycles. The summed E-state index contributed by atoms with van der Waals surface area (Å²) >= 11 is 9.13. The van der Waals surface area contributed by atoms with Crippen molar-refractivity contribution >= 4 is 38.9 Å². The van der Waals surface area contributed by atoms with E-state index in [0.29, 0.717) is 5.11 Å². The van der Waals surface area contributed by atoms with Crippen molar-refractivity contribution in [1.82, 2.24) is 10.3 Å². The van der Waals surface area contributed by atoms with Gasteiger partial charge in [0.15, 0.2) is 5.11 Å². The smallest absolute Gasteiger partial charge is 0.174 e. The maximum absolute atomic E-state index is 13.6. The van der Waals surface area contributed by atoms with E-state index in [-0.39, 0.29) is 17.9 Å². The summed E-state index contributed by atoms with van der Waals surface area (Å²) in [6.45, 7) is 0. The maximum atomic E-state index is 13.6. The first-order valence-electron chi connectivity index (χ1n) is 9.72. The second-order valence-corrected chi connectivity index (χ2v) is 8.48. The molecule has 7 heteroatoms. The van der Waals surface area contributed by atoms with E-state index in [2.05, 4.69) is 26.2 Å². The molecule has 0 spiro atoms. The molecular weight excluding hydrogens is 477 g/mol. The molecule has 0 amide bonds. The van der Waals surface area contributed by atoms with Crippen LogP contribution in [0.4, 0.5) is 10.1 Å². The number of hydrogen-bond donors (Lipinski definition) is 1. The summed E-state index contributed by atoms with van der Waals surface area (Å²) in [5.74, 6) is 1.21. The number of thiocarbonyl (C=S) groups is 1. The fourth-order valence-electron chi connectivity index (χ4n) is 3.80. The van der Waals surface area contributed by atoms with Crippen molar-refractivity contribution in [2.24, 2.45) is 0 Å². The van der Waals surface area contributed by atoms with E-state index in [1.165, 1.54) is 12.1 Å². The van der Waals surface area contributed by atoms with Crippen molar-refractivity contribution < 1.29 is 8.81 Å². The molecule has 0 bridgehead atoms. The number of anilines is 1. The van der Waals surface area contributed by atoms with E-state index in [0.717, 1.165) is 32.9 Å². The Bertz CT molecular complexity index is 1210. The number of aromatic nitrogens is 1. The van der Waals surface area contributed by atoms with Crippen molar-refractivity contribution in [3.8, 4) is 11.3 Å². The van der Waals surface area contributed by atoms with Gasteiger partial charge in [0.05, 0.1) is 11.7 Å². The summed E-state index contributed by atoms with van der Waals surface area (Å²) < 4.78 is 20.9. The first-order valence-corrected chi connectivity index (χ1v) is 10.9. The Kier molecular flexibility index (Phi) is 5.29. The number of nitrogens with one attached hydrogen (secondary N) is 1. The van der Waals surface area contributed by atoms with Gasteiger partial charge in [-0.25, -0.2) is 4.39 Å². The third-order valence-electron chi connectivity index (χ3n) is 5.25. The highest BCUT2D eigenvalue weighted by atomic mass is 79.9. The number of benzene rings is 2. The fourth-order valence-corrected chi connectivity index (χ4v) is 4.41. The molecule has 5 rings (SSSR count). The molecule has 1 saturated heterocycles. The predicted octanol–water partition coefficient (Wildman–Crippen LogP) is 6.42. The zero-order valence-electron chi connectivity index (χ0n) is 16.2. The number of pyridine rings is 1. The van der Waals surface area contributed by atoms with Gasteiger partial charge in [0, 0.05) is 21.9 Å². The van der Waals surface area contributed by atoms with Crippen LogP contribution in [-0.4, -0.2) is 10.1 Å². The summed E-state index contributed by atoms with van der Waals surface area (Å²) in [4.78, 5) is 6.49. The van der Waals surface area contributed by atoms with Crippen LogP contribution in [0.1, 0.15) is 23.5 Å². The molecule has 1 aliphatic heterocycles. The lowest BCUT2D eigenvalue weighted by Gasteiger charge is -2.26. The van der Waals surface area contributed by atoms with E-state index in [1.807, 2.05) is 59.5 Å². The van der Waals surface area contributed by atoms with Crippen LogP contribution in [0.2, 0.25) is 0 Å². The minimum Gasteiger partial charge on any atom is -0.459 e. The number of rotatable bonds is 4. The summed E-state index contributed by atoms with van der Waals surface area (Å²) in [6.07, 6.45) is 1.76. The van der Waals surface area contributed by atoms with Crippen LogP contribution < -0.4 is 10.2 Å². The van der Waals surface area contributed by atoms with Crippen LogP contribution in [0.15, 0.2) is 93.9 Å². The lowest BCUT2D eigenvalue weighted by Crippen LogP contribution is -2.29. The molecule has 1 aliphatic rings. The van der Waals surface area contributed by atoms with E-state index < -0.39 is 0 Å². The summed E-state index contributed by atoms with van der Waals surface area (Å²) in [6, 6.07) is 23.4. The molecule has 1 fully saturated rings. The summed E-state index contributed by atoms with van der Waals surface area (Å²) in [5, 5.41) is 3.91. The van der Waals surface area contributed by atoms with Crippen molar-refractivity contribution in [1.29, 1.82) is 0 Å². The highest BCUT2D eigenvalue weighted by Gasteiger charge is 2.42. The van der Waals surface area contributed by atoms with E-state index in [9.17, 15) is 4.39 Å². The first-order chi connectivity index (χ1) is 15.1. The molecule has 0 saturated carbocycles. The Labute approximate surface area is 192 Å². The van der Waals surface area contributed by atoms with Crippen LogP contribution in [0.5, 0.6) is 0 Å². The summed E-state index contributed by atoms with van der Waals surface area (Å²) in [5.41, 5.74) is 2.61. The average Bonchev–Trinajstić information content (AvgIpc) is 3.40. The Balaban J connectivity index is 1.59.